The standard InChI is InChI=1S/C16H17BrN2O2/c1-11-4-5-12(17)6-9-16(13(20)18-14(21)19-16)10-15(11)7-2-3-8-15/h2-6H,1,7-10H2,(H2,18,19,20,21)/b5-4-,12-6+. The Balaban J connectivity index is 2.05. The first-order valence-electron chi connectivity index (χ1n) is 6.98. The Morgan fingerprint density at radius 1 is 1.14 bits per heavy atom. The Labute approximate surface area is 132 Å². The highest BCUT2D eigenvalue weighted by Gasteiger charge is 2.51. The lowest BCUT2D eigenvalue weighted by Gasteiger charge is -2.37. The molecule has 2 spiro atoms. The van der Waals surface area contributed by atoms with Gasteiger partial charge in [0.05, 0.1) is 0 Å². The summed E-state index contributed by atoms with van der Waals surface area (Å²) in [5, 5.41) is 5.22. The molecule has 0 aromatic carbocycles. The van der Waals surface area contributed by atoms with Gasteiger partial charge in [-0.1, -0.05) is 46.8 Å². The molecular formula is C16H17BrN2O2. The van der Waals surface area contributed by atoms with Crippen LogP contribution in [0.15, 0.2) is 47.0 Å². The van der Waals surface area contributed by atoms with E-state index in [1.54, 1.807) is 0 Å². The molecule has 1 fully saturated rings. The molecule has 1 aliphatic heterocycles. The molecule has 0 radical (unpaired) electrons. The normalized spacial score (nSPS) is 34.9. The summed E-state index contributed by atoms with van der Waals surface area (Å²) in [7, 11) is 0. The third kappa shape index (κ3) is 2.39. The number of hydrogen-bond acceptors (Lipinski definition) is 2. The molecule has 1 unspecified atom stereocenters. The highest BCUT2D eigenvalue weighted by atomic mass is 79.9. The van der Waals surface area contributed by atoms with E-state index >= 15 is 0 Å². The molecule has 0 aromatic rings. The Morgan fingerprint density at radius 3 is 2.48 bits per heavy atom. The molecule has 1 saturated heterocycles. The van der Waals surface area contributed by atoms with Crippen molar-refractivity contribution >= 4 is 27.9 Å². The van der Waals surface area contributed by atoms with Crippen molar-refractivity contribution in [3.63, 3.8) is 0 Å². The fourth-order valence-corrected chi connectivity index (χ4v) is 3.66. The first-order chi connectivity index (χ1) is 9.96. The van der Waals surface area contributed by atoms with Gasteiger partial charge in [0.2, 0.25) is 0 Å². The summed E-state index contributed by atoms with van der Waals surface area (Å²) in [4.78, 5) is 24.0. The number of imide groups is 1. The number of amides is 3. The lowest BCUT2D eigenvalue weighted by Crippen LogP contribution is -2.50. The van der Waals surface area contributed by atoms with Crippen LogP contribution in [-0.4, -0.2) is 17.5 Å². The summed E-state index contributed by atoms with van der Waals surface area (Å²) < 4.78 is 0.889. The minimum absolute atomic E-state index is 0.198. The molecule has 3 amide bonds. The molecule has 1 atom stereocenters. The lowest BCUT2D eigenvalue weighted by molar-refractivity contribution is -0.124. The number of carbonyl (C=O) groups is 2. The highest BCUT2D eigenvalue weighted by Crippen LogP contribution is 2.48. The van der Waals surface area contributed by atoms with E-state index in [9.17, 15) is 9.59 Å². The maximum Gasteiger partial charge on any atom is 0.322 e. The van der Waals surface area contributed by atoms with Gasteiger partial charge in [-0.25, -0.2) is 4.79 Å². The molecular weight excluding hydrogens is 332 g/mol. The topological polar surface area (TPSA) is 58.2 Å². The predicted octanol–water partition coefficient (Wildman–Crippen LogP) is 3.09. The van der Waals surface area contributed by atoms with Crippen molar-refractivity contribution in [1.29, 1.82) is 0 Å². The minimum atomic E-state index is -0.892. The molecule has 3 aliphatic rings. The van der Waals surface area contributed by atoms with E-state index < -0.39 is 11.6 Å². The maximum absolute atomic E-state index is 12.4. The third-order valence-corrected chi connectivity index (χ3v) is 5.20. The van der Waals surface area contributed by atoms with Crippen LogP contribution in [-0.2, 0) is 4.79 Å². The van der Waals surface area contributed by atoms with Crippen molar-refractivity contribution in [1.82, 2.24) is 10.6 Å². The molecule has 21 heavy (non-hydrogen) atoms. The molecule has 0 bridgehead atoms. The summed E-state index contributed by atoms with van der Waals surface area (Å²) in [6.07, 6.45) is 12.9. The molecule has 5 heteroatoms. The highest BCUT2D eigenvalue weighted by molar-refractivity contribution is 9.11. The fraction of sp³-hybridized carbons (Fsp3) is 0.375. The van der Waals surface area contributed by atoms with E-state index in [-0.39, 0.29) is 11.3 Å². The van der Waals surface area contributed by atoms with Gasteiger partial charge < -0.3 is 5.32 Å². The van der Waals surface area contributed by atoms with E-state index in [2.05, 4.69) is 45.3 Å². The SMILES string of the molecule is C=C1/C=C\C(Br)=C/CC2(CC13CC=CC3)NC(=O)NC2=O. The van der Waals surface area contributed by atoms with Gasteiger partial charge in [-0.05, 0) is 37.3 Å². The quantitative estimate of drug-likeness (QED) is 0.522. The van der Waals surface area contributed by atoms with Crippen molar-refractivity contribution in [2.24, 2.45) is 5.41 Å². The number of allylic oxidation sites excluding steroid dienone is 6. The second-order valence-electron chi connectivity index (χ2n) is 5.98. The average Bonchev–Trinajstić information content (AvgIpc) is 3.01. The van der Waals surface area contributed by atoms with E-state index in [4.69, 9.17) is 0 Å². The molecule has 4 nitrogen and oxygen atoms in total. The Morgan fingerprint density at radius 2 is 1.86 bits per heavy atom. The zero-order valence-corrected chi connectivity index (χ0v) is 13.2. The smallest absolute Gasteiger partial charge is 0.322 e. The van der Waals surface area contributed by atoms with Crippen molar-refractivity contribution in [2.45, 2.75) is 31.2 Å². The van der Waals surface area contributed by atoms with E-state index in [0.717, 1.165) is 22.9 Å². The monoisotopic (exact) mass is 348 g/mol. The predicted molar refractivity (Wildman–Crippen MR) is 84.7 cm³/mol. The number of carbonyl (C=O) groups excluding carboxylic acids is 2. The molecule has 0 aromatic heterocycles. The summed E-state index contributed by atoms with van der Waals surface area (Å²) in [5.74, 6) is -0.245. The largest absolute Gasteiger partial charge is 0.323 e. The van der Waals surface area contributed by atoms with Gasteiger partial charge >= 0.3 is 6.03 Å². The first kappa shape index (κ1) is 14.3. The second kappa shape index (κ2) is 4.98. The van der Waals surface area contributed by atoms with E-state index in [0.29, 0.717) is 12.8 Å². The number of halogens is 1. The molecule has 2 aliphatic carbocycles. The van der Waals surface area contributed by atoms with Gasteiger partial charge in [0.25, 0.3) is 5.91 Å². The van der Waals surface area contributed by atoms with Crippen LogP contribution >= 0.6 is 15.9 Å². The van der Waals surface area contributed by atoms with Crippen LogP contribution in [0, 0.1) is 5.41 Å². The number of rotatable bonds is 0. The van der Waals surface area contributed by atoms with Crippen molar-refractivity contribution in [3.8, 4) is 0 Å². The third-order valence-electron chi connectivity index (χ3n) is 4.61. The molecule has 1 heterocycles. The van der Waals surface area contributed by atoms with Gasteiger partial charge in [-0.15, -0.1) is 0 Å². The zero-order valence-electron chi connectivity index (χ0n) is 11.6. The lowest BCUT2D eigenvalue weighted by atomic mass is 9.68. The van der Waals surface area contributed by atoms with Gasteiger partial charge in [-0.2, -0.15) is 0 Å². The first-order valence-corrected chi connectivity index (χ1v) is 7.77. The van der Waals surface area contributed by atoms with E-state index in [1.807, 2.05) is 18.2 Å². The zero-order chi connectivity index (χ0) is 15.1. The van der Waals surface area contributed by atoms with Gasteiger partial charge in [0.1, 0.15) is 5.54 Å². The van der Waals surface area contributed by atoms with Crippen LogP contribution in [0.2, 0.25) is 0 Å². The van der Waals surface area contributed by atoms with Crippen LogP contribution < -0.4 is 10.6 Å². The minimum Gasteiger partial charge on any atom is -0.323 e. The Kier molecular flexibility index (Phi) is 3.40. The summed E-state index contributed by atoms with van der Waals surface area (Å²) in [6.45, 7) is 4.21. The van der Waals surface area contributed by atoms with E-state index in [1.165, 1.54) is 0 Å². The molecule has 3 rings (SSSR count). The number of nitrogens with one attached hydrogen (secondary N) is 2. The molecule has 2 N–H and O–H groups in total. The van der Waals surface area contributed by atoms with Gasteiger partial charge in [-0.3, -0.25) is 10.1 Å². The summed E-state index contributed by atoms with van der Waals surface area (Å²) in [5.41, 5.74) is -0.0957. The Hall–Kier alpha value is -1.62. The van der Waals surface area contributed by atoms with Crippen molar-refractivity contribution < 1.29 is 9.59 Å². The summed E-state index contributed by atoms with van der Waals surface area (Å²) in [6, 6.07) is -0.413. The van der Waals surface area contributed by atoms with Crippen LogP contribution in [0.1, 0.15) is 25.7 Å². The van der Waals surface area contributed by atoms with Gasteiger partial charge in [0, 0.05) is 9.90 Å². The second-order valence-corrected chi connectivity index (χ2v) is 6.89. The molecule has 110 valence electrons. The maximum atomic E-state index is 12.4. The van der Waals surface area contributed by atoms with Crippen LogP contribution in [0.5, 0.6) is 0 Å². The van der Waals surface area contributed by atoms with Crippen molar-refractivity contribution in [2.75, 3.05) is 0 Å². The average molecular weight is 349 g/mol. The number of urea groups is 1. The number of hydrogen-bond donors (Lipinski definition) is 2. The van der Waals surface area contributed by atoms with Crippen LogP contribution in [0.4, 0.5) is 4.79 Å². The summed E-state index contributed by atoms with van der Waals surface area (Å²) >= 11 is 3.47. The van der Waals surface area contributed by atoms with Crippen LogP contribution in [0.3, 0.4) is 0 Å². The fourth-order valence-electron chi connectivity index (χ4n) is 3.36. The Bertz CT molecular complexity index is 610. The van der Waals surface area contributed by atoms with Crippen molar-refractivity contribution in [3.05, 3.63) is 47.0 Å². The molecule has 0 saturated carbocycles. The van der Waals surface area contributed by atoms with Crippen LogP contribution in [0.25, 0.3) is 0 Å². The van der Waals surface area contributed by atoms with Gasteiger partial charge in [0.15, 0.2) is 0 Å².